The van der Waals surface area contributed by atoms with Crippen molar-refractivity contribution in [2.24, 2.45) is 0 Å². The van der Waals surface area contributed by atoms with E-state index in [0.29, 0.717) is 18.0 Å². The molecular weight excluding hydrogens is 156 g/mol. The molecule has 0 aliphatic heterocycles. The Kier molecular flexibility index (Phi) is 2.28. The van der Waals surface area contributed by atoms with Gasteiger partial charge in [0.15, 0.2) is 11.6 Å². The maximum Gasteiger partial charge on any atom is 0.212 e. The van der Waals surface area contributed by atoms with E-state index < -0.39 is 0 Å². The fraction of sp³-hybridized carbons (Fsp3) is 0.200. The average Bonchev–Trinajstić information content (AvgIpc) is 2.37. The SMILES string of the molecule is O=CNc1cc(CCl)on1. The summed E-state index contributed by atoms with van der Waals surface area (Å²) in [4.78, 5) is 9.85. The normalized spacial score (nSPS) is 9.30. The number of alkyl halides is 1. The molecule has 0 unspecified atom stereocenters. The predicted octanol–water partition coefficient (Wildman–Crippen LogP) is 0.982. The van der Waals surface area contributed by atoms with Crippen LogP contribution in [0.4, 0.5) is 5.82 Å². The van der Waals surface area contributed by atoms with E-state index >= 15 is 0 Å². The van der Waals surface area contributed by atoms with Crippen LogP contribution in [0, 0.1) is 0 Å². The molecule has 0 radical (unpaired) electrons. The summed E-state index contributed by atoms with van der Waals surface area (Å²) in [6.07, 6.45) is 0.524. The first-order valence-electron chi connectivity index (χ1n) is 2.58. The van der Waals surface area contributed by atoms with E-state index in [0.717, 1.165) is 0 Å². The van der Waals surface area contributed by atoms with Gasteiger partial charge in [0.1, 0.15) is 0 Å². The van der Waals surface area contributed by atoms with Gasteiger partial charge in [-0.2, -0.15) is 0 Å². The molecule has 1 aromatic heterocycles. The van der Waals surface area contributed by atoms with Crippen molar-refractivity contribution in [3.8, 4) is 0 Å². The Morgan fingerprint density at radius 1 is 1.90 bits per heavy atom. The zero-order chi connectivity index (χ0) is 7.40. The lowest BCUT2D eigenvalue weighted by Gasteiger charge is -1.81. The maximum absolute atomic E-state index is 9.85. The van der Waals surface area contributed by atoms with E-state index in [-0.39, 0.29) is 5.88 Å². The second-order valence-electron chi connectivity index (χ2n) is 1.57. The number of carbonyl (C=O) groups is 1. The molecule has 10 heavy (non-hydrogen) atoms. The number of nitrogens with one attached hydrogen (secondary N) is 1. The van der Waals surface area contributed by atoms with Crippen LogP contribution in [0.5, 0.6) is 0 Å². The smallest absolute Gasteiger partial charge is 0.212 e. The van der Waals surface area contributed by atoms with Crippen LogP contribution in [0.2, 0.25) is 0 Å². The van der Waals surface area contributed by atoms with Gasteiger partial charge in [-0.1, -0.05) is 5.16 Å². The van der Waals surface area contributed by atoms with Crippen LogP contribution in [0.1, 0.15) is 5.76 Å². The standard InChI is InChI=1S/C5H5ClN2O2/c6-2-4-1-5(7-3-9)8-10-4/h1,3H,2H2,(H,7,8,9). The summed E-state index contributed by atoms with van der Waals surface area (Å²) < 4.78 is 4.66. The second-order valence-corrected chi connectivity index (χ2v) is 1.84. The number of anilines is 1. The van der Waals surface area contributed by atoms with Gasteiger partial charge in [0.05, 0.1) is 5.88 Å². The average molecular weight is 161 g/mol. The number of aromatic nitrogens is 1. The van der Waals surface area contributed by atoms with E-state index in [9.17, 15) is 4.79 Å². The summed E-state index contributed by atoms with van der Waals surface area (Å²) in [6, 6.07) is 1.56. The molecule has 0 saturated carbocycles. The van der Waals surface area contributed by atoms with Gasteiger partial charge in [0.25, 0.3) is 0 Å². The third-order valence-corrected chi connectivity index (χ3v) is 1.16. The topological polar surface area (TPSA) is 55.1 Å². The Morgan fingerprint density at radius 2 is 2.70 bits per heavy atom. The third-order valence-electron chi connectivity index (χ3n) is 0.897. The predicted molar refractivity (Wildman–Crippen MR) is 35.7 cm³/mol. The number of nitrogens with zero attached hydrogens (tertiary/aromatic N) is 1. The van der Waals surface area contributed by atoms with Gasteiger partial charge in [-0.15, -0.1) is 11.6 Å². The summed E-state index contributed by atoms with van der Waals surface area (Å²) in [5.41, 5.74) is 0. The van der Waals surface area contributed by atoms with E-state index in [4.69, 9.17) is 11.6 Å². The molecule has 0 fully saturated rings. The number of halogens is 1. The molecule has 0 aromatic carbocycles. The first-order chi connectivity index (χ1) is 4.86. The Labute approximate surface area is 62.1 Å². The van der Waals surface area contributed by atoms with Gasteiger partial charge in [-0.25, -0.2) is 0 Å². The Balaban J connectivity index is 2.67. The summed E-state index contributed by atoms with van der Waals surface area (Å²) in [7, 11) is 0. The lowest BCUT2D eigenvalue weighted by atomic mass is 10.5. The van der Waals surface area contributed by atoms with Crippen LogP contribution < -0.4 is 5.32 Å². The molecule has 1 amide bonds. The molecule has 0 bridgehead atoms. The molecule has 0 atom stereocenters. The van der Waals surface area contributed by atoms with E-state index in [1.807, 2.05) is 0 Å². The minimum atomic E-state index is 0.257. The monoisotopic (exact) mass is 160 g/mol. The third kappa shape index (κ3) is 1.48. The maximum atomic E-state index is 9.85. The second kappa shape index (κ2) is 3.22. The number of hydrogen-bond donors (Lipinski definition) is 1. The molecule has 54 valence electrons. The lowest BCUT2D eigenvalue weighted by Crippen LogP contribution is -1.92. The van der Waals surface area contributed by atoms with Crippen molar-refractivity contribution < 1.29 is 9.32 Å². The number of amides is 1. The van der Waals surface area contributed by atoms with Crippen molar-refractivity contribution in [1.82, 2.24) is 5.16 Å². The minimum Gasteiger partial charge on any atom is -0.358 e. The zero-order valence-corrected chi connectivity index (χ0v) is 5.76. The molecule has 1 aromatic rings. The molecule has 0 aliphatic rings. The quantitative estimate of drug-likeness (QED) is 0.530. The van der Waals surface area contributed by atoms with Crippen molar-refractivity contribution >= 4 is 23.8 Å². The number of hydrogen-bond acceptors (Lipinski definition) is 3. The molecule has 5 heteroatoms. The summed E-state index contributed by atoms with van der Waals surface area (Å²) in [5, 5.41) is 5.79. The van der Waals surface area contributed by atoms with Crippen molar-refractivity contribution in [3.05, 3.63) is 11.8 Å². The molecule has 1 N–H and O–H groups in total. The largest absolute Gasteiger partial charge is 0.358 e. The van der Waals surface area contributed by atoms with Crippen molar-refractivity contribution in [2.75, 3.05) is 5.32 Å². The van der Waals surface area contributed by atoms with Crippen LogP contribution in [-0.2, 0) is 10.7 Å². The van der Waals surface area contributed by atoms with Crippen LogP contribution >= 0.6 is 11.6 Å². The van der Waals surface area contributed by atoms with E-state index in [1.165, 1.54) is 0 Å². The van der Waals surface area contributed by atoms with Gasteiger partial charge in [0.2, 0.25) is 6.41 Å². The molecule has 1 rings (SSSR count). The molecule has 0 aliphatic carbocycles. The summed E-state index contributed by atoms with van der Waals surface area (Å²) >= 11 is 5.39. The minimum absolute atomic E-state index is 0.257. The van der Waals surface area contributed by atoms with Gasteiger partial charge in [0, 0.05) is 6.07 Å². The Morgan fingerprint density at radius 3 is 3.20 bits per heavy atom. The number of rotatable bonds is 3. The number of carbonyl (C=O) groups excluding carboxylic acids is 1. The Hall–Kier alpha value is -1.03. The van der Waals surface area contributed by atoms with Crippen molar-refractivity contribution in [2.45, 2.75) is 5.88 Å². The fourth-order valence-corrected chi connectivity index (χ4v) is 0.630. The molecular formula is C5H5ClN2O2. The highest BCUT2D eigenvalue weighted by Gasteiger charge is 1.99. The van der Waals surface area contributed by atoms with Crippen molar-refractivity contribution in [1.29, 1.82) is 0 Å². The highest BCUT2D eigenvalue weighted by Crippen LogP contribution is 2.09. The van der Waals surface area contributed by atoms with Gasteiger partial charge >= 0.3 is 0 Å². The molecule has 0 saturated heterocycles. The van der Waals surface area contributed by atoms with Crippen LogP contribution in [0.25, 0.3) is 0 Å². The van der Waals surface area contributed by atoms with Crippen molar-refractivity contribution in [3.63, 3.8) is 0 Å². The van der Waals surface area contributed by atoms with Gasteiger partial charge in [-0.05, 0) is 0 Å². The Bertz CT molecular complexity index is 223. The van der Waals surface area contributed by atoms with E-state index in [2.05, 4.69) is 15.0 Å². The summed E-state index contributed by atoms with van der Waals surface area (Å²) in [6.45, 7) is 0. The zero-order valence-electron chi connectivity index (χ0n) is 5.00. The van der Waals surface area contributed by atoms with Crippen LogP contribution in [0.3, 0.4) is 0 Å². The van der Waals surface area contributed by atoms with Crippen LogP contribution in [-0.4, -0.2) is 11.6 Å². The van der Waals surface area contributed by atoms with Gasteiger partial charge < -0.3 is 9.84 Å². The highest BCUT2D eigenvalue weighted by atomic mass is 35.5. The fourth-order valence-electron chi connectivity index (χ4n) is 0.504. The molecule has 1 heterocycles. The van der Waals surface area contributed by atoms with Crippen LogP contribution in [0.15, 0.2) is 10.6 Å². The molecule has 4 nitrogen and oxygen atoms in total. The first-order valence-corrected chi connectivity index (χ1v) is 3.12. The lowest BCUT2D eigenvalue weighted by molar-refractivity contribution is -0.105. The highest BCUT2D eigenvalue weighted by molar-refractivity contribution is 6.16. The first kappa shape index (κ1) is 7.08. The van der Waals surface area contributed by atoms with E-state index in [1.54, 1.807) is 6.07 Å². The summed E-state index contributed by atoms with van der Waals surface area (Å²) in [5.74, 6) is 1.17. The van der Waals surface area contributed by atoms with Gasteiger partial charge in [-0.3, -0.25) is 4.79 Å². The molecule has 0 spiro atoms.